The maximum Gasteiger partial charge on any atom is 0.178 e. The molecule has 96 valence electrons. The quantitative estimate of drug-likeness (QED) is 0.855. The number of hydrogen-bond donors (Lipinski definition) is 1. The van der Waals surface area contributed by atoms with Crippen LogP contribution in [0.1, 0.15) is 18.4 Å². The van der Waals surface area contributed by atoms with Crippen LogP contribution in [0.3, 0.4) is 0 Å². The van der Waals surface area contributed by atoms with E-state index in [1.54, 1.807) is 0 Å². The molecule has 2 aromatic rings. The fourth-order valence-electron chi connectivity index (χ4n) is 2.44. The molecule has 0 aliphatic heterocycles. The van der Waals surface area contributed by atoms with Gasteiger partial charge in [0, 0.05) is 19.1 Å². The molecule has 1 heterocycles. The molecular formula is C14H19N3S. The first-order valence-electron chi connectivity index (χ1n) is 6.54. The number of fused-ring (bicyclic) bond motifs is 1. The smallest absolute Gasteiger partial charge is 0.178 e. The maximum atomic E-state index is 5.42. The van der Waals surface area contributed by atoms with Gasteiger partial charge < -0.3 is 14.5 Å². The molecule has 1 aliphatic rings. The first kappa shape index (κ1) is 11.9. The monoisotopic (exact) mass is 261 g/mol. The van der Waals surface area contributed by atoms with E-state index in [-0.39, 0.29) is 0 Å². The number of aromatic amines is 1. The lowest BCUT2D eigenvalue weighted by atomic mass is 10.2. The van der Waals surface area contributed by atoms with Crippen LogP contribution in [0, 0.1) is 11.7 Å². The molecule has 0 spiro atoms. The Morgan fingerprint density at radius 3 is 2.94 bits per heavy atom. The normalized spacial score (nSPS) is 15.7. The summed E-state index contributed by atoms with van der Waals surface area (Å²) in [5.41, 5.74) is 3.64. The van der Waals surface area contributed by atoms with E-state index in [0.29, 0.717) is 0 Å². The SMILES string of the molecule is Cc1ccc2[nH]c(=S)n(CCN(C)C3CC3)c2c1. The van der Waals surface area contributed by atoms with E-state index in [1.807, 2.05) is 0 Å². The molecule has 0 radical (unpaired) electrons. The number of imidazole rings is 1. The topological polar surface area (TPSA) is 24.0 Å². The van der Waals surface area contributed by atoms with E-state index in [9.17, 15) is 0 Å². The second-order valence-corrected chi connectivity index (χ2v) is 5.70. The molecule has 1 aliphatic carbocycles. The van der Waals surface area contributed by atoms with E-state index in [2.05, 4.69) is 46.6 Å². The van der Waals surface area contributed by atoms with Crippen molar-refractivity contribution >= 4 is 23.3 Å². The Balaban J connectivity index is 1.87. The van der Waals surface area contributed by atoms with Crippen molar-refractivity contribution in [1.29, 1.82) is 0 Å². The molecule has 0 amide bonds. The molecule has 3 nitrogen and oxygen atoms in total. The molecule has 1 fully saturated rings. The number of rotatable bonds is 4. The van der Waals surface area contributed by atoms with Crippen molar-refractivity contribution in [3.05, 3.63) is 28.5 Å². The number of aryl methyl sites for hydroxylation is 1. The number of nitrogens with one attached hydrogen (secondary N) is 1. The van der Waals surface area contributed by atoms with Crippen molar-refractivity contribution in [3.8, 4) is 0 Å². The van der Waals surface area contributed by atoms with Gasteiger partial charge in [-0.2, -0.15) is 0 Å². The molecule has 1 aromatic heterocycles. The van der Waals surface area contributed by atoms with Gasteiger partial charge >= 0.3 is 0 Å². The molecular weight excluding hydrogens is 242 g/mol. The Hall–Kier alpha value is -1.13. The second kappa shape index (κ2) is 4.52. The van der Waals surface area contributed by atoms with Crippen LogP contribution in [0.15, 0.2) is 18.2 Å². The van der Waals surface area contributed by atoms with Crippen molar-refractivity contribution in [2.75, 3.05) is 13.6 Å². The summed E-state index contributed by atoms with van der Waals surface area (Å²) in [5.74, 6) is 0. The predicted molar refractivity (Wildman–Crippen MR) is 77.5 cm³/mol. The Kier molecular flexibility index (Phi) is 2.99. The van der Waals surface area contributed by atoms with Gasteiger partial charge in [0.1, 0.15) is 0 Å². The van der Waals surface area contributed by atoms with Crippen molar-refractivity contribution in [2.24, 2.45) is 0 Å². The van der Waals surface area contributed by atoms with Gasteiger partial charge in [0.2, 0.25) is 0 Å². The minimum atomic E-state index is 0.811. The number of benzene rings is 1. The Morgan fingerprint density at radius 1 is 1.44 bits per heavy atom. The Bertz CT molecular complexity index is 621. The summed E-state index contributed by atoms with van der Waals surface area (Å²) in [4.78, 5) is 5.72. The molecule has 1 aromatic carbocycles. The van der Waals surface area contributed by atoms with Gasteiger partial charge in [0.25, 0.3) is 0 Å². The van der Waals surface area contributed by atoms with Crippen LogP contribution in [-0.4, -0.2) is 34.1 Å². The Morgan fingerprint density at radius 2 is 2.22 bits per heavy atom. The number of nitrogens with zero attached hydrogens (tertiary/aromatic N) is 2. The lowest BCUT2D eigenvalue weighted by Gasteiger charge is -2.16. The fourth-order valence-corrected chi connectivity index (χ4v) is 2.74. The average molecular weight is 261 g/mol. The van der Waals surface area contributed by atoms with Crippen LogP contribution >= 0.6 is 12.2 Å². The first-order chi connectivity index (χ1) is 8.65. The van der Waals surface area contributed by atoms with Gasteiger partial charge in [-0.25, -0.2) is 0 Å². The summed E-state index contributed by atoms with van der Waals surface area (Å²) in [6, 6.07) is 7.25. The summed E-state index contributed by atoms with van der Waals surface area (Å²) in [6.07, 6.45) is 2.71. The molecule has 18 heavy (non-hydrogen) atoms. The summed E-state index contributed by atoms with van der Waals surface area (Å²) in [6.45, 7) is 4.16. The van der Waals surface area contributed by atoms with Gasteiger partial charge in [0.15, 0.2) is 4.77 Å². The molecule has 0 atom stereocenters. The predicted octanol–water partition coefficient (Wildman–Crippen LogP) is 3.10. The zero-order valence-corrected chi connectivity index (χ0v) is 11.8. The van der Waals surface area contributed by atoms with E-state index in [1.165, 1.54) is 23.9 Å². The highest BCUT2D eigenvalue weighted by Crippen LogP contribution is 2.25. The standard InChI is InChI=1S/C14H19N3S/c1-10-3-6-12-13(9-10)17(14(18)15-12)8-7-16(2)11-4-5-11/h3,6,9,11H,4-5,7-8H2,1-2H3,(H,15,18). The fraction of sp³-hybridized carbons (Fsp3) is 0.500. The molecule has 0 saturated heterocycles. The van der Waals surface area contributed by atoms with Gasteiger partial charge in [-0.3, -0.25) is 0 Å². The third kappa shape index (κ3) is 2.22. The highest BCUT2D eigenvalue weighted by atomic mass is 32.1. The zero-order chi connectivity index (χ0) is 12.7. The van der Waals surface area contributed by atoms with Crippen molar-refractivity contribution in [3.63, 3.8) is 0 Å². The lowest BCUT2D eigenvalue weighted by Crippen LogP contribution is -2.25. The minimum absolute atomic E-state index is 0.811. The third-order valence-corrected chi connectivity index (χ3v) is 4.10. The van der Waals surface area contributed by atoms with Gasteiger partial charge in [0.05, 0.1) is 11.0 Å². The van der Waals surface area contributed by atoms with E-state index < -0.39 is 0 Å². The van der Waals surface area contributed by atoms with Crippen LogP contribution in [0.2, 0.25) is 0 Å². The van der Waals surface area contributed by atoms with E-state index >= 15 is 0 Å². The average Bonchev–Trinajstić information content (AvgIpc) is 3.12. The highest BCUT2D eigenvalue weighted by molar-refractivity contribution is 7.71. The van der Waals surface area contributed by atoms with Gasteiger partial charge in [-0.15, -0.1) is 0 Å². The van der Waals surface area contributed by atoms with Crippen LogP contribution in [0.4, 0.5) is 0 Å². The Labute approximate surface area is 112 Å². The minimum Gasteiger partial charge on any atom is -0.331 e. The first-order valence-corrected chi connectivity index (χ1v) is 6.95. The van der Waals surface area contributed by atoms with Crippen molar-refractivity contribution < 1.29 is 0 Å². The largest absolute Gasteiger partial charge is 0.331 e. The molecule has 0 bridgehead atoms. The number of hydrogen-bond acceptors (Lipinski definition) is 2. The second-order valence-electron chi connectivity index (χ2n) is 5.31. The molecule has 4 heteroatoms. The third-order valence-electron chi connectivity index (χ3n) is 3.78. The van der Waals surface area contributed by atoms with E-state index in [0.717, 1.165) is 29.4 Å². The summed E-state index contributed by atoms with van der Waals surface area (Å²) >= 11 is 5.42. The molecule has 0 unspecified atom stereocenters. The van der Waals surface area contributed by atoms with Crippen LogP contribution in [0.5, 0.6) is 0 Å². The van der Waals surface area contributed by atoms with Gasteiger partial charge in [-0.05, 0) is 56.7 Å². The summed E-state index contributed by atoms with van der Waals surface area (Å²) < 4.78 is 3.05. The molecule has 3 rings (SSSR count). The number of H-pyrrole nitrogens is 1. The van der Waals surface area contributed by atoms with Crippen molar-refractivity contribution in [1.82, 2.24) is 14.5 Å². The highest BCUT2D eigenvalue weighted by Gasteiger charge is 2.25. The zero-order valence-electron chi connectivity index (χ0n) is 10.9. The van der Waals surface area contributed by atoms with Gasteiger partial charge in [-0.1, -0.05) is 6.07 Å². The number of aromatic nitrogens is 2. The maximum absolute atomic E-state index is 5.42. The van der Waals surface area contributed by atoms with Crippen LogP contribution in [0.25, 0.3) is 11.0 Å². The molecule has 1 N–H and O–H groups in total. The van der Waals surface area contributed by atoms with Crippen molar-refractivity contribution in [2.45, 2.75) is 32.4 Å². The van der Waals surface area contributed by atoms with E-state index in [4.69, 9.17) is 12.2 Å². The van der Waals surface area contributed by atoms with Crippen LogP contribution in [-0.2, 0) is 6.54 Å². The summed E-state index contributed by atoms with van der Waals surface area (Å²) in [7, 11) is 2.21. The van der Waals surface area contributed by atoms with Crippen LogP contribution < -0.4 is 0 Å². The lowest BCUT2D eigenvalue weighted by molar-refractivity contribution is 0.310. The summed E-state index contributed by atoms with van der Waals surface area (Å²) in [5, 5.41) is 0. The number of likely N-dealkylation sites (N-methyl/N-ethyl adjacent to an activating group) is 1. The molecule has 1 saturated carbocycles.